The second-order valence-electron chi connectivity index (χ2n) is 5.80. The molecule has 6 nitrogen and oxygen atoms in total. The molecule has 0 amide bonds. The van der Waals surface area contributed by atoms with Crippen LogP contribution in [0, 0.1) is 0 Å². The van der Waals surface area contributed by atoms with E-state index in [1.165, 1.54) is 0 Å². The Hall–Kier alpha value is -1.14. The average Bonchev–Trinajstić information content (AvgIpc) is 2.18. The fourth-order valence-corrected chi connectivity index (χ4v) is 0.881. The summed E-state index contributed by atoms with van der Waals surface area (Å²) in [6, 6.07) is 0. The van der Waals surface area contributed by atoms with Gasteiger partial charge in [0.05, 0.1) is 12.8 Å². The lowest BCUT2D eigenvalue weighted by molar-refractivity contribution is -0.151. The summed E-state index contributed by atoms with van der Waals surface area (Å²) in [7, 11) is 0. The van der Waals surface area contributed by atoms with Crippen LogP contribution in [-0.4, -0.2) is 36.2 Å². The molecule has 0 aromatic rings. The van der Waals surface area contributed by atoms with Crippen molar-refractivity contribution < 1.29 is 19.1 Å². The van der Waals surface area contributed by atoms with E-state index < -0.39 is 23.0 Å². The van der Waals surface area contributed by atoms with Gasteiger partial charge >= 0.3 is 11.9 Å². The Kier molecular flexibility index (Phi) is 6.28. The van der Waals surface area contributed by atoms with E-state index in [4.69, 9.17) is 20.9 Å². The van der Waals surface area contributed by atoms with Crippen LogP contribution in [0.4, 0.5) is 0 Å². The molecule has 0 saturated heterocycles. The molecule has 0 spiro atoms. The molecule has 0 aromatic heterocycles. The van der Waals surface area contributed by atoms with Crippen molar-refractivity contribution in [1.29, 1.82) is 0 Å². The van der Waals surface area contributed by atoms with Gasteiger partial charge in [0.25, 0.3) is 0 Å². The van der Waals surface area contributed by atoms with Gasteiger partial charge in [0.1, 0.15) is 13.2 Å². The molecule has 0 aliphatic rings. The van der Waals surface area contributed by atoms with Gasteiger partial charge in [-0.05, 0) is 27.7 Å². The summed E-state index contributed by atoms with van der Waals surface area (Å²) >= 11 is 0. The topological polar surface area (TPSA) is 105 Å². The van der Waals surface area contributed by atoms with Gasteiger partial charge in [-0.2, -0.15) is 0 Å². The Bertz CT molecular complexity index is 259. The first-order chi connectivity index (χ1) is 7.99. The Balaban J connectivity index is 3.76. The van der Waals surface area contributed by atoms with Gasteiger partial charge in [0.2, 0.25) is 0 Å². The fourth-order valence-electron chi connectivity index (χ4n) is 0.881. The molecule has 0 unspecified atom stereocenters. The largest absolute Gasteiger partial charge is 0.464 e. The summed E-state index contributed by atoms with van der Waals surface area (Å²) in [5.41, 5.74) is 10.2. The Morgan fingerprint density at radius 3 is 1.33 bits per heavy atom. The first-order valence-corrected chi connectivity index (χ1v) is 5.89. The number of hydrogen-bond acceptors (Lipinski definition) is 6. The number of nitrogens with two attached hydrogens (primary N) is 2. The average molecular weight is 260 g/mol. The molecule has 0 bridgehead atoms. The third-order valence-electron chi connectivity index (χ3n) is 1.74. The maximum atomic E-state index is 11.3. The van der Waals surface area contributed by atoms with Crippen molar-refractivity contribution in [1.82, 2.24) is 0 Å². The molecule has 106 valence electrons. The van der Waals surface area contributed by atoms with Gasteiger partial charge in [-0.3, -0.25) is 9.59 Å². The highest BCUT2D eigenvalue weighted by Crippen LogP contribution is 2.03. The first-order valence-electron chi connectivity index (χ1n) is 5.89. The highest BCUT2D eigenvalue weighted by atomic mass is 16.5. The molecule has 0 atom stereocenters. The Morgan fingerprint density at radius 1 is 0.833 bits per heavy atom. The number of esters is 2. The van der Waals surface area contributed by atoms with Crippen LogP contribution in [0.5, 0.6) is 0 Å². The van der Waals surface area contributed by atoms with Crippen LogP contribution in [0.25, 0.3) is 0 Å². The normalized spacial score (nSPS) is 12.1. The maximum Gasteiger partial charge on any atom is 0.306 e. The van der Waals surface area contributed by atoms with Gasteiger partial charge in [0.15, 0.2) is 0 Å². The fraction of sp³-hybridized carbons (Fsp3) is 0.833. The highest BCUT2D eigenvalue weighted by Gasteiger charge is 2.17. The van der Waals surface area contributed by atoms with E-state index in [0.29, 0.717) is 0 Å². The van der Waals surface area contributed by atoms with E-state index in [0.717, 1.165) is 0 Å². The maximum absolute atomic E-state index is 11.3. The lowest BCUT2D eigenvalue weighted by Crippen LogP contribution is -2.38. The summed E-state index contributed by atoms with van der Waals surface area (Å²) in [6.45, 7) is 7.24. The van der Waals surface area contributed by atoms with Gasteiger partial charge in [-0.1, -0.05) is 0 Å². The van der Waals surface area contributed by atoms with Gasteiger partial charge < -0.3 is 20.9 Å². The van der Waals surface area contributed by atoms with Gasteiger partial charge in [-0.25, -0.2) is 0 Å². The number of carbonyl (C=O) groups excluding carboxylic acids is 2. The summed E-state index contributed by atoms with van der Waals surface area (Å²) in [5.74, 6) is -0.921. The molecule has 0 rings (SSSR count). The predicted molar refractivity (Wildman–Crippen MR) is 67.7 cm³/mol. The van der Waals surface area contributed by atoms with Crippen molar-refractivity contribution in [3.8, 4) is 0 Å². The van der Waals surface area contributed by atoms with E-state index >= 15 is 0 Å². The molecule has 4 N–H and O–H groups in total. The molecule has 6 heteroatoms. The zero-order valence-electron chi connectivity index (χ0n) is 11.6. The summed E-state index contributed by atoms with van der Waals surface area (Å²) in [5, 5.41) is 0. The van der Waals surface area contributed by atoms with Crippen LogP contribution in [0.2, 0.25) is 0 Å². The van der Waals surface area contributed by atoms with Crippen molar-refractivity contribution in [2.24, 2.45) is 11.5 Å². The van der Waals surface area contributed by atoms with E-state index in [-0.39, 0.29) is 26.1 Å². The van der Waals surface area contributed by atoms with Crippen LogP contribution in [0.15, 0.2) is 0 Å². The van der Waals surface area contributed by atoms with Crippen molar-refractivity contribution in [2.75, 3.05) is 13.2 Å². The number of ether oxygens (including phenoxy) is 2. The molecule has 0 aliphatic carbocycles. The third kappa shape index (κ3) is 11.3. The Morgan fingerprint density at radius 2 is 1.11 bits per heavy atom. The third-order valence-corrected chi connectivity index (χ3v) is 1.74. The van der Waals surface area contributed by atoms with Crippen LogP contribution < -0.4 is 11.5 Å². The Labute approximate surface area is 108 Å². The lowest BCUT2D eigenvalue weighted by Gasteiger charge is -2.18. The number of rotatable bonds is 7. The zero-order chi connectivity index (χ0) is 14.4. The van der Waals surface area contributed by atoms with Crippen molar-refractivity contribution in [3.63, 3.8) is 0 Å². The minimum atomic E-state index is -0.570. The second kappa shape index (κ2) is 6.70. The van der Waals surface area contributed by atoms with Gasteiger partial charge in [-0.15, -0.1) is 0 Å². The lowest BCUT2D eigenvalue weighted by atomic mass is 10.1. The molecule has 0 heterocycles. The van der Waals surface area contributed by atoms with Crippen LogP contribution in [-0.2, 0) is 19.1 Å². The highest BCUT2D eigenvalue weighted by molar-refractivity contribution is 5.77. The molecule has 0 aliphatic heterocycles. The molecule has 0 radical (unpaired) electrons. The molecule has 0 saturated carbocycles. The van der Waals surface area contributed by atoms with Gasteiger partial charge in [0, 0.05) is 11.1 Å². The standard InChI is InChI=1S/C12H24N2O4/c1-11(2,13)7-17-9(15)5-6-10(16)18-8-12(3,4)14/h5-8,13-14H2,1-4H3. The van der Waals surface area contributed by atoms with E-state index in [1.807, 2.05) is 0 Å². The van der Waals surface area contributed by atoms with Crippen molar-refractivity contribution in [3.05, 3.63) is 0 Å². The minimum Gasteiger partial charge on any atom is -0.464 e. The molecule has 0 aromatic carbocycles. The van der Waals surface area contributed by atoms with E-state index in [9.17, 15) is 9.59 Å². The minimum absolute atomic E-state index is 0.0140. The van der Waals surface area contributed by atoms with Crippen LogP contribution in [0.1, 0.15) is 40.5 Å². The van der Waals surface area contributed by atoms with Crippen LogP contribution >= 0.6 is 0 Å². The smallest absolute Gasteiger partial charge is 0.306 e. The zero-order valence-corrected chi connectivity index (χ0v) is 11.6. The molecule has 18 heavy (non-hydrogen) atoms. The summed E-state index contributed by atoms with van der Waals surface area (Å²) in [6.07, 6.45) is -0.0279. The quantitative estimate of drug-likeness (QED) is 0.639. The summed E-state index contributed by atoms with van der Waals surface area (Å²) < 4.78 is 9.81. The van der Waals surface area contributed by atoms with E-state index in [2.05, 4.69) is 0 Å². The van der Waals surface area contributed by atoms with Crippen LogP contribution in [0.3, 0.4) is 0 Å². The SMILES string of the molecule is CC(C)(N)COC(=O)CCC(=O)OCC(C)(C)N. The molecular weight excluding hydrogens is 236 g/mol. The number of hydrogen-bond donors (Lipinski definition) is 2. The molecule has 0 fully saturated rings. The van der Waals surface area contributed by atoms with Crippen molar-refractivity contribution >= 4 is 11.9 Å². The summed E-state index contributed by atoms with van der Waals surface area (Å²) in [4.78, 5) is 22.6. The van der Waals surface area contributed by atoms with Crippen molar-refractivity contribution in [2.45, 2.75) is 51.6 Å². The number of carbonyl (C=O) groups is 2. The predicted octanol–water partition coefficient (Wildman–Crippen LogP) is 0.328. The second-order valence-corrected chi connectivity index (χ2v) is 5.80. The van der Waals surface area contributed by atoms with E-state index in [1.54, 1.807) is 27.7 Å². The first kappa shape index (κ1) is 16.9. The molecular formula is C12H24N2O4. The monoisotopic (exact) mass is 260 g/mol.